The van der Waals surface area contributed by atoms with Gasteiger partial charge in [-0.05, 0) is 50.2 Å². The molecule has 0 aliphatic heterocycles. The Morgan fingerprint density at radius 2 is 1.82 bits per heavy atom. The molecule has 144 valence electrons. The van der Waals surface area contributed by atoms with E-state index in [9.17, 15) is 9.18 Å². The van der Waals surface area contributed by atoms with Gasteiger partial charge in [0.15, 0.2) is 17.4 Å². The van der Waals surface area contributed by atoms with Crippen LogP contribution in [0.5, 0.6) is 17.4 Å². The Kier molecular flexibility index (Phi) is 5.75. The van der Waals surface area contributed by atoms with Gasteiger partial charge in [-0.1, -0.05) is 11.6 Å². The molecule has 1 amide bonds. The van der Waals surface area contributed by atoms with Crippen LogP contribution in [0.4, 0.5) is 4.39 Å². The summed E-state index contributed by atoms with van der Waals surface area (Å²) in [7, 11) is 0. The molecule has 2 aromatic carbocycles. The standard InChI is InChI=1S/C20H17ClFN3O3/c1-11(2)27-18-10-16(19(23)26)24-20(25-18)12-3-6-14(7-4-12)28-17-9-13(21)5-8-15(17)22/h3-11H,1-2H3,(H2,23,26). The number of primary amides is 1. The molecule has 6 nitrogen and oxygen atoms in total. The molecule has 3 aromatic rings. The maximum atomic E-state index is 13.8. The van der Waals surface area contributed by atoms with Crippen molar-refractivity contribution in [2.45, 2.75) is 20.0 Å². The fourth-order valence-electron chi connectivity index (χ4n) is 2.34. The molecule has 1 heterocycles. The van der Waals surface area contributed by atoms with Crippen molar-refractivity contribution in [1.82, 2.24) is 9.97 Å². The van der Waals surface area contributed by atoms with Gasteiger partial charge in [0.1, 0.15) is 11.4 Å². The van der Waals surface area contributed by atoms with Gasteiger partial charge in [0.05, 0.1) is 6.10 Å². The van der Waals surface area contributed by atoms with Crippen LogP contribution in [-0.2, 0) is 0 Å². The molecule has 0 saturated carbocycles. The normalized spacial score (nSPS) is 10.8. The molecular weight excluding hydrogens is 385 g/mol. The Balaban J connectivity index is 1.89. The zero-order chi connectivity index (χ0) is 20.3. The number of hydrogen-bond donors (Lipinski definition) is 1. The molecular formula is C20H17ClFN3O3. The molecule has 0 spiro atoms. The fraction of sp³-hybridized carbons (Fsp3) is 0.150. The van der Waals surface area contributed by atoms with Crippen molar-refractivity contribution in [1.29, 1.82) is 0 Å². The summed E-state index contributed by atoms with van der Waals surface area (Å²) in [4.78, 5) is 20.0. The SMILES string of the molecule is CC(C)Oc1cc(C(N)=O)nc(-c2ccc(Oc3cc(Cl)ccc3F)cc2)n1. The summed E-state index contributed by atoms with van der Waals surface area (Å²) in [6.07, 6.45) is -0.133. The third-order valence-corrected chi connectivity index (χ3v) is 3.78. The largest absolute Gasteiger partial charge is 0.475 e. The predicted molar refractivity (Wildman–Crippen MR) is 103 cm³/mol. The minimum atomic E-state index is -0.686. The smallest absolute Gasteiger partial charge is 0.267 e. The van der Waals surface area contributed by atoms with E-state index in [0.717, 1.165) is 0 Å². The Bertz CT molecular complexity index is 1010. The maximum Gasteiger partial charge on any atom is 0.267 e. The lowest BCUT2D eigenvalue weighted by atomic mass is 10.2. The molecule has 0 radical (unpaired) electrons. The first kappa shape index (κ1) is 19.6. The molecule has 0 aliphatic rings. The minimum absolute atomic E-state index is 0.0137. The number of amides is 1. The lowest BCUT2D eigenvalue weighted by Gasteiger charge is -2.11. The number of nitrogens with zero attached hydrogens (tertiary/aromatic N) is 2. The van der Waals surface area contributed by atoms with Crippen molar-refractivity contribution < 1.29 is 18.7 Å². The van der Waals surface area contributed by atoms with E-state index in [-0.39, 0.29) is 29.3 Å². The fourth-order valence-corrected chi connectivity index (χ4v) is 2.50. The Labute approximate surface area is 166 Å². The Morgan fingerprint density at radius 1 is 1.11 bits per heavy atom. The van der Waals surface area contributed by atoms with Crippen molar-refractivity contribution in [2.24, 2.45) is 5.73 Å². The lowest BCUT2D eigenvalue weighted by molar-refractivity contribution is 0.0994. The van der Waals surface area contributed by atoms with Gasteiger partial charge in [0.25, 0.3) is 5.91 Å². The summed E-state index contributed by atoms with van der Waals surface area (Å²) in [6, 6.07) is 12.1. The van der Waals surface area contributed by atoms with Crippen LogP contribution in [-0.4, -0.2) is 22.0 Å². The first-order valence-corrected chi connectivity index (χ1v) is 8.78. The molecule has 0 bridgehead atoms. The van der Waals surface area contributed by atoms with E-state index in [2.05, 4.69) is 9.97 Å². The Hall–Kier alpha value is -3.19. The number of carbonyl (C=O) groups excluding carboxylic acids is 1. The third-order valence-electron chi connectivity index (χ3n) is 3.55. The number of rotatable bonds is 6. The van der Waals surface area contributed by atoms with Crippen LogP contribution in [0.15, 0.2) is 48.5 Å². The first-order valence-electron chi connectivity index (χ1n) is 8.40. The van der Waals surface area contributed by atoms with Crippen LogP contribution >= 0.6 is 11.6 Å². The van der Waals surface area contributed by atoms with Gasteiger partial charge in [-0.15, -0.1) is 0 Å². The van der Waals surface area contributed by atoms with Crippen molar-refractivity contribution in [2.75, 3.05) is 0 Å². The van der Waals surface area contributed by atoms with E-state index >= 15 is 0 Å². The first-order chi connectivity index (χ1) is 13.3. The average molecular weight is 402 g/mol. The number of carbonyl (C=O) groups is 1. The quantitative estimate of drug-likeness (QED) is 0.651. The van der Waals surface area contributed by atoms with Gasteiger partial charge in [-0.25, -0.2) is 9.37 Å². The van der Waals surface area contributed by atoms with Crippen molar-refractivity contribution >= 4 is 17.5 Å². The van der Waals surface area contributed by atoms with Gasteiger partial charge in [0.2, 0.25) is 5.88 Å². The van der Waals surface area contributed by atoms with Crippen LogP contribution in [0.25, 0.3) is 11.4 Å². The second-order valence-electron chi connectivity index (χ2n) is 6.15. The molecule has 0 atom stereocenters. The van der Waals surface area contributed by atoms with Crippen LogP contribution in [0.2, 0.25) is 5.02 Å². The highest BCUT2D eigenvalue weighted by molar-refractivity contribution is 6.30. The lowest BCUT2D eigenvalue weighted by Crippen LogP contribution is -2.16. The van der Waals surface area contributed by atoms with Crippen molar-refractivity contribution in [3.05, 3.63) is 65.1 Å². The second kappa shape index (κ2) is 8.22. The number of hydrogen-bond acceptors (Lipinski definition) is 5. The van der Waals surface area contributed by atoms with Crippen molar-refractivity contribution in [3.8, 4) is 28.8 Å². The number of aromatic nitrogens is 2. The summed E-state index contributed by atoms with van der Waals surface area (Å²) < 4.78 is 24.9. The zero-order valence-electron chi connectivity index (χ0n) is 15.1. The number of ether oxygens (including phenoxy) is 2. The highest BCUT2D eigenvalue weighted by atomic mass is 35.5. The zero-order valence-corrected chi connectivity index (χ0v) is 15.9. The van der Waals surface area contributed by atoms with Crippen molar-refractivity contribution in [3.63, 3.8) is 0 Å². The number of benzene rings is 2. The average Bonchev–Trinajstić information content (AvgIpc) is 2.64. The Morgan fingerprint density at radius 3 is 2.46 bits per heavy atom. The molecule has 2 N–H and O–H groups in total. The molecule has 1 aromatic heterocycles. The van der Waals surface area contributed by atoms with Crippen LogP contribution in [0.3, 0.4) is 0 Å². The topological polar surface area (TPSA) is 87.3 Å². The minimum Gasteiger partial charge on any atom is -0.475 e. The summed E-state index contributed by atoms with van der Waals surface area (Å²) in [5.74, 6) is -0.285. The maximum absolute atomic E-state index is 13.8. The molecule has 0 unspecified atom stereocenters. The third kappa shape index (κ3) is 4.75. The molecule has 3 rings (SSSR count). The molecule has 0 saturated heterocycles. The highest BCUT2D eigenvalue weighted by Gasteiger charge is 2.13. The van der Waals surface area contributed by atoms with E-state index in [1.807, 2.05) is 13.8 Å². The summed E-state index contributed by atoms with van der Waals surface area (Å²) in [5, 5.41) is 0.363. The van der Waals surface area contributed by atoms with E-state index in [1.165, 1.54) is 24.3 Å². The van der Waals surface area contributed by atoms with E-state index in [0.29, 0.717) is 16.3 Å². The highest BCUT2D eigenvalue weighted by Crippen LogP contribution is 2.29. The van der Waals surface area contributed by atoms with Crippen LogP contribution < -0.4 is 15.2 Å². The molecule has 0 fully saturated rings. The summed E-state index contributed by atoms with van der Waals surface area (Å²) >= 11 is 5.87. The van der Waals surface area contributed by atoms with Gasteiger partial charge in [-0.2, -0.15) is 4.98 Å². The van der Waals surface area contributed by atoms with E-state index in [1.54, 1.807) is 24.3 Å². The number of nitrogens with two attached hydrogens (primary N) is 1. The van der Waals surface area contributed by atoms with Gasteiger partial charge < -0.3 is 15.2 Å². The summed E-state index contributed by atoms with van der Waals surface area (Å²) in [6.45, 7) is 3.68. The molecule has 0 aliphatic carbocycles. The van der Waals surface area contributed by atoms with Gasteiger partial charge in [-0.3, -0.25) is 4.79 Å². The number of halogens is 2. The van der Waals surface area contributed by atoms with E-state index < -0.39 is 11.7 Å². The van der Waals surface area contributed by atoms with Gasteiger partial charge >= 0.3 is 0 Å². The van der Waals surface area contributed by atoms with Crippen LogP contribution in [0, 0.1) is 5.82 Å². The predicted octanol–water partition coefficient (Wildman–Crippen LogP) is 4.61. The molecule has 28 heavy (non-hydrogen) atoms. The monoisotopic (exact) mass is 401 g/mol. The molecule has 8 heteroatoms. The van der Waals surface area contributed by atoms with E-state index in [4.69, 9.17) is 26.8 Å². The van der Waals surface area contributed by atoms with Gasteiger partial charge in [0, 0.05) is 22.7 Å². The second-order valence-corrected chi connectivity index (χ2v) is 6.58. The van der Waals surface area contributed by atoms with Crippen LogP contribution in [0.1, 0.15) is 24.3 Å². The summed E-state index contributed by atoms with van der Waals surface area (Å²) in [5.41, 5.74) is 6.00.